The molecule has 2 N–H and O–H groups in total. The van der Waals surface area contributed by atoms with Crippen molar-refractivity contribution in [2.24, 2.45) is 5.92 Å². The average Bonchev–Trinajstić information content (AvgIpc) is 3.39. The van der Waals surface area contributed by atoms with Crippen LogP contribution in [0.25, 0.3) is 0 Å². The lowest BCUT2D eigenvalue weighted by molar-refractivity contribution is -0.136. The Bertz CT molecular complexity index is 1120. The Morgan fingerprint density at radius 2 is 2.05 bits per heavy atom. The van der Waals surface area contributed by atoms with Crippen LogP contribution in [0.1, 0.15) is 50.5 Å². The number of nitrogens with one attached hydrogen (secondary N) is 1. The highest BCUT2D eigenvalue weighted by atomic mass is 35.5. The molecule has 8 nitrogen and oxygen atoms in total. The molecule has 2 heterocycles. The summed E-state index contributed by atoms with van der Waals surface area (Å²) < 4.78 is 5.40. The number of nitrogens with zero attached hydrogens (tertiary/aromatic N) is 3. The van der Waals surface area contributed by atoms with Gasteiger partial charge in [-0.2, -0.15) is 0 Å². The number of halogens is 2. The van der Waals surface area contributed by atoms with E-state index < -0.39 is 17.6 Å². The third kappa shape index (κ3) is 7.72. The van der Waals surface area contributed by atoms with Crippen LogP contribution in [-0.4, -0.2) is 64.4 Å². The third-order valence-corrected chi connectivity index (χ3v) is 8.25. The van der Waals surface area contributed by atoms with Crippen LogP contribution in [0.15, 0.2) is 24.4 Å². The Labute approximate surface area is 231 Å². The van der Waals surface area contributed by atoms with Crippen molar-refractivity contribution in [2.45, 2.75) is 70.7 Å². The molecule has 202 valence electrons. The molecular weight excluding hydrogens is 535 g/mol. The number of carbonyl (C=O) groups excluding carboxylic acids is 2. The second kappa shape index (κ2) is 11.8. The van der Waals surface area contributed by atoms with E-state index in [1.165, 1.54) is 11.3 Å². The summed E-state index contributed by atoms with van der Waals surface area (Å²) in [5, 5.41) is 14.4. The largest absolute Gasteiger partial charge is 0.444 e. The second-order valence-electron chi connectivity index (χ2n) is 10.7. The molecule has 11 heteroatoms. The standard InChI is InChI=1S/C26H34Cl2N4O4S/c1-26(2,3)36-25(35)30-12-17(11-20-13-29-24(37-20)31-10-9-19(33)15-31)23(34)32(18-7-8-18)14-16-5-4-6-21(27)22(16)28/h4-6,13,17-19,33H,7-12,14-15H2,1-3H3,(H,30,35)/t17-,19+/m1/s1. The molecule has 1 aliphatic heterocycles. The molecule has 1 saturated heterocycles. The zero-order valence-electron chi connectivity index (χ0n) is 21.4. The molecule has 2 aliphatic rings. The Morgan fingerprint density at radius 3 is 2.70 bits per heavy atom. The fraction of sp³-hybridized carbons (Fsp3) is 0.577. The van der Waals surface area contributed by atoms with Gasteiger partial charge in [-0.15, -0.1) is 11.3 Å². The first-order valence-corrected chi connectivity index (χ1v) is 14.2. The maximum absolute atomic E-state index is 13.9. The molecule has 0 radical (unpaired) electrons. The molecule has 1 saturated carbocycles. The number of aliphatic hydroxyl groups is 1. The third-order valence-electron chi connectivity index (χ3n) is 6.31. The number of hydrogen-bond acceptors (Lipinski definition) is 7. The van der Waals surface area contributed by atoms with Crippen molar-refractivity contribution in [3.63, 3.8) is 0 Å². The summed E-state index contributed by atoms with van der Waals surface area (Å²) >= 11 is 14.2. The molecule has 1 aromatic carbocycles. The number of benzene rings is 1. The van der Waals surface area contributed by atoms with Crippen LogP contribution in [0.5, 0.6) is 0 Å². The molecule has 0 unspecified atom stereocenters. The Hall–Kier alpha value is -2.07. The minimum Gasteiger partial charge on any atom is -0.444 e. The van der Waals surface area contributed by atoms with Gasteiger partial charge in [-0.05, 0) is 58.1 Å². The van der Waals surface area contributed by atoms with Crippen molar-refractivity contribution in [3.05, 3.63) is 44.9 Å². The monoisotopic (exact) mass is 568 g/mol. The van der Waals surface area contributed by atoms with Crippen molar-refractivity contribution in [1.29, 1.82) is 0 Å². The molecular formula is C26H34Cl2N4O4S. The number of alkyl carbamates (subject to hydrolysis) is 1. The van der Waals surface area contributed by atoms with Crippen molar-refractivity contribution < 1.29 is 19.4 Å². The van der Waals surface area contributed by atoms with E-state index in [1.807, 2.05) is 17.0 Å². The van der Waals surface area contributed by atoms with E-state index in [1.54, 1.807) is 33.0 Å². The molecule has 1 aromatic heterocycles. The van der Waals surface area contributed by atoms with Crippen LogP contribution in [0.2, 0.25) is 10.0 Å². The molecule has 1 aliphatic carbocycles. The maximum atomic E-state index is 13.9. The Kier molecular flexibility index (Phi) is 8.89. The molecule has 2 atom stereocenters. The van der Waals surface area contributed by atoms with Crippen LogP contribution in [0.4, 0.5) is 9.93 Å². The predicted octanol–water partition coefficient (Wildman–Crippen LogP) is 4.90. The summed E-state index contributed by atoms with van der Waals surface area (Å²) in [5.74, 6) is -0.565. The van der Waals surface area contributed by atoms with Crippen molar-refractivity contribution in [2.75, 3.05) is 24.5 Å². The number of anilines is 1. The number of amides is 2. The van der Waals surface area contributed by atoms with Crippen LogP contribution >= 0.6 is 34.5 Å². The van der Waals surface area contributed by atoms with Gasteiger partial charge in [0.2, 0.25) is 5.91 Å². The van der Waals surface area contributed by atoms with Gasteiger partial charge >= 0.3 is 6.09 Å². The number of ether oxygens (including phenoxy) is 1. The normalized spacial score (nSPS) is 18.5. The van der Waals surface area contributed by atoms with E-state index in [2.05, 4.69) is 15.2 Å². The zero-order chi connectivity index (χ0) is 26.7. The molecule has 4 rings (SSSR count). The first-order valence-electron chi connectivity index (χ1n) is 12.6. The van der Waals surface area contributed by atoms with Crippen molar-refractivity contribution >= 4 is 51.7 Å². The smallest absolute Gasteiger partial charge is 0.407 e. The quantitative estimate of drug-likeness (QED) is 0.447. The van der Waals surface area contributed by atoms with Gasteiger partial charge in [-0.1, -0.05) is 35.3 Å². The molecule has 0 spiro atoms. The van der Waals surface area contributed by atoms with Crippen molar-refractivity contribution in [1.82, 2.24) is 15.2 Å². The summed E-state index contributed by atoms with van der Waals surface area (Å²) in [7, 11) is 0. The number of hydrogen-bond donors (Lipinski definition) is 2. The molecule has 0 bridgehead atoms. The van der Waals surface area contributed by atoms with Crippen molar-refractivity contribution in [3.8, 4) is 0 Å². The van der Waals surface area contributed by atoms with Gasteiger partial charge in [0.05, 0.1) is 22.1 Å². The number of aromatic nitrogens is 1. The van der Waals surface area contributed by atoms with Crippen LogP contribution in [0.3, 0.4) is 0 Å². The van der Waals surface area contributed by atoms with Crippen LogP contribution in [0, 0.1) is 5.92 Å². The Balaban J connectivity index is 1.52. The number of carbonyl (C=O) groups is 2. The topological polar surface area (TPSA) is 95.0 Å². The van der Waals surface area contributed by atoms with E-state index in [9.17, 15) is 14.7 Å². The minimum absolute atomic E-state index is 0.0545. The van der Waals surface area contributed by atoms with E-state index in [4.69, 9.17) is 27.9 Å². The van der Waals surface area contributed by atoms with E-state index in [-0.39, 0.29) is 24.6 Å². The maximum Gasteiger partial charge on any atom is 0.407 e. The van der Waals surface area contributed by atoms with E-state index in [0.717, 1.165) is 41.4 Å². The fourth-order valence-corrected chi connectivity index (χ4v) is 5.73. The molecule has 2 aromatic rings. The van der Waals surface area contributed by atoms with Gasteiger partial charge in [0, 0.05) is 43.3 Å². The van der Waals surface area contributed by atoms with Gasteiger partial charge < -0.3 is 25.0 Å². The van der Waals surface area contributed by atoms with E-state index in [0.29, 0.717) is 29.6 Å². The first-order chi connectivity index (χ1) is 17.5. The van der Waals surface area contributed by atoms with Gasteiger partial charge in [-0.3, -0.25) is 4.79 Å². The lowest BCUT2D eigenvalue weighted by Crippen LogP contribution is -2.44. The molecule has 37 heavy (non-hydrogen) atoms. The summed E-state index contributed by atoms with van der Waals surface area (Å²) in [6, 6.07) is 5.57. The lowest BCUT2D eigenvalue weighted by atomic mass is 10.0. The van der Waals surface area contributed by atoms with Crippen LogP contribution < -0.4 is 10.2 Å². The predicted molar refractivity (Wildman–Crippen MR) is 146 cm³/mol. The number of β-amino-alcohol motifs (C(OH)–C–C–N with tert-alkyl or cyclic N) is 1. The van der Waals surface area contributed by atoms with Crippen LogP contribution in [-0.2, 0) is 22.5 Å². The van der Waals surface area contributed by atoms with E-state index >= 15 is 0 Å². The molecule has 2 amide bonds. The molecule has 2 fully saturated rings. The van der Waals surface area contributed by atoms with Gasteiger partial charge in [-0.25, -0.2) is 9.78 Å². The summed E-state index contributed by atoms with van der Waals surface area (Å²) in [6.45, 7) is 7.20. The second-order valence-corrected chi connectivity index (χ2v) is 12.6. The zero-order valence-corrected chi connectivity index (χ0v) is 23.7. The first kappa shape index (κ1) is 28.0. The highest BCUT2D eigenvalue weighted by Crippen LogP contribution is 2.34. The number of rotatable bonds is 9. The van der Waals surface area contributed by atoms with Gasteiger partial charge in [0.25, 0.3) is 0 Å². The van der Waals surface area contributed by atoms with Gasteiger partial charge in [0.1, 0.15) is 5.60 Å². The SMILES string of the molecule is CC(C)(C)OC(=O)NC[C@@H](Cc1cnc(N2CC[C@H](O)C2)s1)C(=O)N(Cc1cccc(Cl)c1Cl)C1CC1. The highest BCUT2D eigenvalue weighted by Gasteiger charge is 2.37. The fourth-order valence-electron chi connectivity index (χ4n) is 4.33. The lowest BCUT2D eigenvalue weighted by Gasteiger charge is -2.28. The Morgan fingerprint density at radius 1 is 1.30 bits per heavy atom. The highest BCUT2D eigenvalue weighted by molar-refractivity contribution is 7.15. The summed E-state index contributed by atoms with van der Waals surface area (Å²) in [6.07, 6.45) is 3.89. The average molecular weight is 570 g/mol. The summed E-state index contributed by atoms with van der Waals surface area (Å²) in [4.78, 5) is 35.7. The number of thiazole rings is 1. The number of aliphatic hydroxyl groups excluding tert-OH is 1. The summed E-state index contributed by atoms with van der Waals surface area (Å²) in [5.41, 5.74) is 0.153. The minimum atomic E-state index is -0.639. The van der Waals surface area contributed by atoms with Gasteiger partial charge in [0.15, 0.2) is 5.13 Å².